The van der Waals surface area contributed by atoms with Gasteiger partial charge in [0.05, 0.1) is 25.8 Å². The van der Waals surface area contributed by atoms with Crippen molar-refractivity contribution in [1.82, 2.24) is 0 Å². The Morgan fingerprint density at radius 3 is 2.17 bits per heavy atom. The van der Waals surface area contributed by atoms with E-state index in [2.05, 4.69) is 0 Å². The van der Waals surface area contributed by atoms with Gasteiger partial charge >= 0.3 is 0 Å². The number of anilines is 1. The van der Waals surface area contributed by atoms with Gasteiger partial charge in [0.2, 0.25) is 0 Å². The number of nitrogens with zero attached hydrogens (tertiary/aromatic N) is 1. The summed E-state index contributed by atoms with van der Waals surface area (Å²) in [5.41, 5.74) is 5.30. The second-order valence-electron chi connectivity index (χ2n) is 8.80. The van der Waals surface area contributed by atoms with Crippen LogP contribution in [0, 0.1) is 27.7 Å². The standard InChI is InChI=1S/C29H29NO5/c1-16-8-7-9-23(19(16)4)30-26(20-10-12-21(34-5)13-11-20)25(28(32)29(30)33)27(31)22-14-18(3)24(35-6)15-17(22)2/h7-15,26,31H,1-6H3/b27-25+. The predicted octanol–water partition coefficient (Wildman–Crippen LogP) is 5.56. The molecule has 0 aliphatic carbocycles. The number of benzene rings is 3. The summed E-state index contributed by atoms with van der Waals surface area (Å²) in [6.45, 7) is 7.58. The number of ketones is 1. The molecule has 0 spiro atoms. The van der Waals surface area contributed by atoms with Crippen molar-refractivity contribution in [2.75, 3.05) is 19.1 Å². The topological polar surface area (TPSA) is 76.1 Å². The Morgan fingerprint density at radius 1 is 0.857 bits per heavy atom. The zero-order valence-electron chi connectivity index (χ0n) is 20.8. The molecule has 0 saturated carbocycles. The lowest BCUT2D eigenvalue weighted by Crippen LogP contribution is -2.30. The first-order valence-electron chi connectivity index (χ1n) is 11.4. The van der Waals surface area contributed by atoms with Crippen LogP contribution in [0.3, 0.4) is 0 Å². The molecule has 3 aromatic rings. The van der Waals surface area contributed by atoms with Gasteiger partial charge in [0, 0.05) is 11.3 Å². The van der Waals surface area contributed by atoms with Gasteiger partial charge in [0.15, 0.2) is 0 Å². The van der Waals surface area contributed by atoms with E-state index in [1.807, 2.05) is 64.1 Å². The zero-order chi connectivity index (χ0) is 25.4. The van der Waals surface area contributed by atoms with Crippen LogP contribution in [0.4, 0.5) is 5.69 Å². The molecule has 0 radical (unpaired) electrons. The lowest BCUT2D eigenvalue weighted by Gasteiger charge is -2.27. The van der Waals surface area contributed by atoms with Crippen molar-refractivity contribution in [1.29, 1.82) is 0 Å². The first-order valence-corrected chi connectivity index (χ1v) is 11.4. The van der Waals surface area contributed by atoms with Gasteiger partial charge in [-0.1, -0.05) is 24.3 Å². The highest BCUT2D eigenvalue weighted by atomic mass is 16.5. The minimum Gasteiger partial charge on any atom is -0.507 e. The van der Waals surface area contributed by atoms with Crippen LogP contribution in [-0.4, -0.2) is 31.0 Å². The summed E-state index contributed by atoms with van der Waals surface area (Å²) >= 11 is 0. The maximum Gasteiger partial charge on any atom is 0.300 e. The fraction of sp³-hybridized carbons (Fsp3) is 0.241. The molecule has 1 fully saturated rings. The fourth-order valence-electron chi connectivity index (χ4n) is 4.59. The maximum atomic E-state index is 13.5. The molecule has 4 rings (SSSR count). The van der Waals surface area contributed by atoms with Crippen molar-refractivity contribution in [3.8, 4) is 11.5 Å². The third-order valence-electron chi connectivity index (χ3n) is 6.71. The Balaban J connectivity index is 1.99. The van der Waals surface area contributed by atoms with Gasteiger partial charge in [-0.2, -0.15) is 0 Å². The SMILES string of the molecule is COc1ccc(C2/C(=C(\O)c3cc(C)c(OC)cc3C)C(=O)C(=O)N2c2cccc(C)c2C)cc1. The molecule has 1 amide bonds. The van der Waals surface area contributed by atoms with Crippen molar-refractivity contribution >= 4 is 23.1 Å². The molecular weight excluding hydrogens is 442 g/mol. The van der Waals surface area contributed by atoms with Crippen molar-refractivity contribution in [2.24, 2.45) is 0 Å². The highest BCUT2D eigenvalue weighted by Gasteiger charge is 2.47. The van der Waals surface area contributed by atoms with Crippen LogP contribution in [0.2, 0.25) is 0 Å². The number of ether oxygens (including phenoxy) is 2. The van der Waals surface area contributed by atoms with Crippen molar-refractivity contribution in [3.63, 3.8) is 0 Å². The highest BCUT2D eigenvalue weighted by molar-refractivity contribution is 6.51. The largest absolute Gasteiger partial charge is 0.507 e. The molecule has 1 N–H and O–H groups in total. The summed E-state index contributed by atoms with van der Waals surface area (Å²) < 4.78 is 10.7. The molecule has 0 bridgehead atoms. The van der Waals surface area contributed by atoms with Crippen molar-refractivity contribution in [3.05, 3.63) is 93.6 Å². The Labute approximate surface area is 205 Å². The quantitative estimate of drug-likeness (QED) is 0.299. The summed E-state index contributed by atoms with van der Waals surface area (Å²) in [6, 6.07) is 15.6. The van der Waals surface area contributed by atoms with E-state index in [0.29, 0.717) is 28.3 Å². The Hall–Kier alpha value is -4.06. The summed E-state index contributed by atoms with van der Waals surface area (Å²) in [5.74, 6) is -0.276. The highest BCUT2D eigenvalue weighted by Crippen LogP contribution is 2.44. The first-order chi connectivity index (χ1) is 16.7. The summed E-state index contributed by atoms with van der Waals surface area (Å²) in [4.78, 5) is 28.4. The van der Waals surface area contributed by atoms with Crippen LogP contribution >= 0.6 is 0 Å². The Kier molecular flexibility index (Phi) is 6.39. The second kappa shape index (κ2) is 9.29. The van der Waals surface area contributed by atoms with Crippen molar-refractivity contribution in [2.45, 2.75) is 33.7 Å². The molecule has 1 heterocycles. The number of amides is 1. The summed E-state index contributed by atoms with van der Waals surface area (Å²) in [7, 11) is 3.16. The van der Waals surface area contributed by atoms with Crippen LogP contribution in [-0.2, 0) is 9.59 Å². The van der Waals surface area contributed by atoms with Crippen LogP contribution < -0.4 is 14.4 Å². The average molecular weight is 472 g/mol. The van der Waals surface area contributed by atoms with Gasteiger partial charge in [-0.3, -0.25) is 14.5 Å². The number of Topliss-reactive ketones (excluding diaryl/α,β-unsaturated/α-hetero) is 1. The number of aryl methyl sites for hydroxylation is 3. The number of methoxy groups -OCH3 is 2. The van der Waals surface area contributed by atoms with Gasteiger partial charge in [-0.25, -0.2) is 0 Å². The van der Waals surface area contributed by atoms with Crippen LogP contribution in [0.25, 0.3) is 5.76 Å². The minimum atomic E-state index is -0.803. The molecule has 0 aromatic heterocycles. The number of hydrogen-bond donors (Lipinski definition) is 1. The molecule has 1 saturated heterocycles. The van der Waals surface area contributed by atoms with E-state index in [1.165, 1.54) is 4.90 Å². The van der Waals surface area contributed by atoms with E-state index in [9.17, 15) is 14.7 Å². The minimum absolute atomic E-state index is 0.0498. The lowest BCUT2D eigenvalue weighted by atomic mass is 9.92. The van der Waals surface area contributed by atoms with Gasteiger partial charge in [-0.05, 0) is 85.8 Å². The first kappa shape index (κ1) is 24.1. The van der Waals surface area contributed by atoms with Gasteiger partial charge in [-0.15, -0.1) is 0 Å². The molecule has 1 aliphatic rings. The normalized spacial score (nSPS) is 17.1. The number of hydrogen-bond acceptors (Lipinski definition) is 5. The van der Waals surface area contributed by atoms with E-state index in [-0.39, 0.29) is 11.3 Å². The summed E-state index contributed by atoms with van der Waals surface area (Å²) in [5, 5.41) is 11.5. The molecule has 3 aromatic carbocycles. The molecular formula is C29H29NO5. The van der Waals surface area contributed by atoms with Crippen LogP contribution in [0.15, 0.2) is 60.2 Å². The van der Waals surface area contributed by atoms with E-state index in [1.54, 1.807) is 32.4 Å². The zero-order valence-corrected chi connectivity index (χ0v) is 20.8. The molecule has 1 unspecified atom stereocenters. The van der Waals surface area contributed by atoms with Crippen molar-refractivity contribution < 1.29 is 24.2 Å². The third-order valence-corrected chi connectivity index (χ3v) is 6.71. The monoisotopic (exact) mass is 471 g/mol. The van der Waals surface area contributed by atoms with Gasteiger partial charge < -0.3 is 14.6 Å². The fourth-order valence-corrected chi connectivity index (χ4v) is 4.59. The Morgan fingerprint density at radius 2 is 1.54 bits per heavy atom. The van der Waals surface area contributed by atoms with E-state index < -0.39 is 17.7 Å². The smallest absolute Gasteiger partial charge is 0.300 e. The lowest BCUT2D eigenvalue weighted by molar-refractivity contribution is -0.132. The number of aliphatic hydroxyl groups is 1. The molecule has 35 heavy (non-hydrogen) atoms. The molecule has 1 atom stereocenters. The van der Waals surface area contributed by atoms with E-state index in [0.717, 1.165) is 22.3 Å². The van der Waals surface area contributed by atoms with Crippen LogP contribution in [0.5, 0.6) is 11.5 Å². The number of carbonyl (C=O) groups is 2. The molecule has 1 aliphatic heterocycles. The van der Waals surface area contributed by atoms with Gasteiger partial charge in [0.1, 0.15) is 17.3 Å². The molecule has 180 valence electrons. The van der Waals surface area contributed by atoms with E-state index >= 15 is 0 Å². The average Bonchev–Trinajstić information content (AvgIpc) is 3.11. The number of carbonyl (C=O) groups excluding carboxylic acids is 2. The molecule has 6 nitrogen and oxygen atoms in total. The maximum absolute atomic E-state index is 13.5. The van der Waals surface area contributed by atoms with Gasteiger partial charge in [0.25, 0.3) is 11.7 Å². The Bertz CT molecular complexity index is 1350. The van der Waals surface area contributed by atoms with Crippen LogP contribution in [0.1, 0.15) is 39.4 Å². The second-order valence-corrected chi connectivity index (χ2v) is 8.80. The number of rotatable bonds is 5. The predicted molar refractivity (Wildman–Crippen MR) is 136 cm³/mol. The number of aliphatic hydroxyl groups excluding tert-OH is 1. The van der Waals surface area contributed by atoms with E-state index in [4.69, 9.17) is 9.47 Å². The third kappa shape index (κ3) is 4.05. The molecule has 6 heteroatoms. The summed E-state index contributed by atoms with van der Waals surface area (Å²) in [6.07, 6.45) is 0.